The number of hydrogen-bond acceptors (Lipinski definition) is 4. The standard InChI is InChI=1S/C10H14BrNO2S/c1-14-4-3-12-7-8(13)6-10-9(11)2-5-15-10/h2,5,12H,3-4,6-7H2,1H3. The molecule has 15 heavy (non-hydrogen) atoms. The van der Waals surface area contributed by atoms with Crippen LogP contribution in [0.15, 0.2) is 15.9 Å². The molecule has 0 saturated carbocycles. The summed E-state index contributed by atoms with van der Waals surface area (Å²) < 4.78 is 5.90. The number of methoxy groups -OCH3 is 1. The fraction of sp³-hybridized carbons (Fsp3) is 0.500. The number of Topliss-reactive ketones (excluding diaryl/α,β-unsaturated/α-hetero) is 1. The molecular formula is C10H14BrNO2S. The van der Waals surface area contributed by atoms with Gasteiger partial charge in [-0.1, -0.05) is 0 Å². The summed E-state index contributed by atoms with van der Waals surface area (Å²) >= 11 is 5.01. The number of halogens is 1. The first-order valence-corrected chi connectivity index (χ1v) is 6.34. The van der Waals surface area contributed by atoms with Crippen LogP contribution in [0.4, 0.5) is 0 Å². The molecular weight excluding hydrogens is 278 g/mol. The van der Waals surface area contributed by atoms with Crippen LogP contribution in [0.3, 0.4) is 0 Å². The Morgan fingerprint density at radius 1 is 1.67 bits per heavy atom. The Morgan fingerprint density at radius 3 is 3.07 bits per heavy atom. The van der Waals surface area contributed by atoms with Crippen molar-refractivity contribution in [3.8, 4) is 0 Å². The van der Waals surface area contributed by atoms with E-state index in [0.29, 0.717) is 26.1 Å². The molecule has 0 atom stereocenters. The van der Waals surface area contributed by atoms with Crippen molar-refractivity contribution in [2.24, 2.45) is 0 Å². The lowest BCUT2D eigenvalue weighted by atomic mass is 10.2. The number of ether oxygens (including phenoxy) is 1. The predicted octanol–water partition coefficient (Wildman–Crippen LogP) is 1.86. The van der Waals surface area contributed by atoms with E-state index in [2.05, 4.69) is 21.2 Å². The Kier molecular flexibility index (Phi) is 6.09. The van der Waals surface area contributed by atoms with Crippen LogP contribution in [-0.4, -0.2) is 32.6 Å². The monoisotopic (exact) mass is 291 g/mol. The second-order valence-corrected chi connectivity index (χ2v) is 4.93. The smallest absolute Gasteiger partial charge is 0.151 e. The lowest BCUT2D eigenvalue weighted by Gasteiger charge is -2.02. The SMILES string of the molecule is COCCNCC(=O)Cc1sccc1Br. The minimum Gasteiger partial charge on any atom is -0.383 e. The maximum atomic E-state index is 11.5. The maximum Gasteiger partial charge on any atom is 0.151 e. The van der Waals surface area contributed by atoms with Gasteiger partial charge in [0.25, 0.3) is 0 Å². The maximum absolute atomic E-state index is 11.5. The van der Waals surface area contributed by atoms with Crippen molar-refractivity contribution in [1.82, 2.24) is 5.32 Å². The fourth-order valence-electron chi connectivity index (χ4n) is 1.09. The summed E-state index contributed by atoms with van der Waals surface area (Å²) in [6.07, 6.45) is 0.498. The molecule has 0 saturated heterocycles. The molecule has 84 valence electrons. The first-order chi connectivity index (χ1) is 7.24. The molecule has 1 rings (SSSR count). The predicted molar refractivity (Wildman–Crippen MR) is 65.5 cm³/mol. The van der Waals surface area contributed by atoms with Crippen LogP contribution in [-0.2, 0) is 16.0 Å². The summed E-state index contributed by atoms with van der Waals surface area (Å²) in [5.74, 6) is 0.203. The Labute approximate surface area is 102 Å². The third kappa shape index (κ3) is 4.88. The van der Waals surface area contributed by atoms with E-state index in [-0.39, 0.29) is 5.78 Å². The molecule has 0 aliphatic rings. The zero-order valence-corrected chi connectivity index (χ0v) is 11.0. The summed E-state index contributed by atoms with van der Waals surface area (Å²) in [7, 11) is 1.65. The van der Waals surface area contributed by atoms with Gasteiger partial charge in [-0.15, -0.1) is 11.3 Å². The van der Waals surface area contributed by atoms with Crippen LogP contribution in [0.1, 0.15) is 4.88 Å². The van der Waals surface area contributed by atoms with Crippen LogP contribution >= 0.6 is 27.3 Å². The lowest BCUT2D eigenvalue weighted by molar-refractivity contribution is -0.117. The lowest BCUT2D eigenvalue weighted by Crippen LogP contribution is -2.27. The second-order valence-electron chi connectivity index (χ2n) is 3.08. The molecule has 1 aromatic rings. The van der Waals surface area contributed by atoms with Crippen molar-refractivity contribution >= 4 is 33.0 Å². The number of nitrogens with one attached hydrogen (secondary N) is 1. The van der Waals surface area contributed by atoms with Gasteiger partial charge in [0, 0.05) is 29.4 Å². The number of thiophene rings is 1. The quantitative estimate of drug-likeness (QED) is 0.780. The average Bonchev–Trinajstić information content (AvgIpc) is 2.59. The molecule has 0 spiro atoms. The van der Waals surface area contributed by atoms with Gasteiger partial charge in [-0.05, 0) is 27.4 Å². The number of rotatable bonds is 7. The fourth-order valence-corrected chi connectivity index (χ4v) is 2.62. The summed E-state index contributed by atoms with van der Waals surface area (Å²) in [5.41, 5.74) is 0. The summed E-state index contributed by atoms with van der Waals surface area (Å²) in [5, 5.41) is 5.01. The zero-order chi connectivity index (χ0) is 11.1. The molecule has 0 fully saturated rings. The highest BCUT2D eigenvalue weighted by atomic mass is 79.9. The normalized spacial score (nSPS) is 10.5. The first kappa shape index (κ1) is 12.8. The van der Waals surface area contributed by atoms with E-state index in [9.17, 15) is 4.79 Å². The van der Waals surface area contributed by atoms with Crippen molar-refractivity contribution in [2.45, 2.75) is 6.42 Å². The van der Waals surface area contributed by atoms with Crippen LogP contribution in [0.25, 0.3) is 0 Å². The summed E-state index contributed by atoms with van der Waals surface area (Å²) in [6.45, 7) is 1.76. The molecule has 0 aliphatic carbocycles. The average molecular weight is 292 g/mol. The van der Waals surface area contributed by atoms with Gasteiger partial charge in [0.15, 0.2) is 5.78 Å². The molecule has 0 radical (unpaired) electrons. The van der Waals surface area contributed by atoms with Gasteiger partial charge < -0.3 is 10.1 Å². The van der Waals surface area contributed by atoms with E-state index in [4.69, 9.17) is 4.74 Å². The van der Waals surface area contributed by atoms with E-state index in [1.165, 1.54) is 0 Å². The topological polar surface area (TPSA) is 38.3 Å². The van der Waals surface area contributed by atoms with Gasteiger partial charge >= 0.3 is 0 Å². The number of ketones is 1. The van der Waals surface area contributed by atoms with Gasteiger partial charge in [-0.3, -0.25) is 4.79 Å². The van der Waals surface area contributed by atoms with E-state index in [1.807, 2.05) is 11.4 Å². The van der Waals surface area contributed by atoms with Crippen LogP contribution in [0.5, 0.6) is 0 Å². The Hall–Kier alpha value is -0.230. The molecule has 0 amide bonds. The van der Waals surface area contributed by atoms with Crippen LogP contribution in [0.2, 0.25) is 0 Å². The number of carbonyl (C=O) groups excluding carboxylic acids is 1. The Bertz CT molecular complexity index is 314. The molecule has 3 nitrogen and oxygen atoms in total. The molecule has 1 aromatic heterocycles. The zero-order valence-electron chi connectivity index (χ0n) is 8.59. The van der Waals surface area contributed by atoms with Gasteiger partial charge in [0.1, 0.15) is 0 Å². The number of hydrogen-bond donors (Lipinski definition) is 1. The van der Waals surface area contributed by atoms with Crippen LogP contribution < -0.4 is 5.32 Å². The highest BCUT2D eigenvalue weighted by molar-refractivity contribution is 9.10. The minimum atomic E-state index is 0.203. The van der Waals surface area contributed by atoms with Crippen molar-refractivity contribution in [3.63, 3.8) is 0 Å². The van der Waals surface area contributed by atoms with Crippen LogP contribution in [0, 0.1) is 0 Å². The van der Waals surface area contributed by atoms with E-state index in [1.54, 1.807) is 18.4 Å². The van der Waals surface area contributed by atoms with E-state index < -0.39 is 0 Å². The molecule has 0 unspecified atom stereocenters. The van der Waals surface area contributed by atoms with Crippen molar-refractivity contribution in [3.05, 3.63) is 20.8 Å². The molecule has 0 aromatic carbocycles. The van der Waals surface area contributed by atoms with E-state index in [0.717, 1.165) is 9.35 Å². The van der Waals surface area contributed by atoms with Crippen molar-refractivity contribution < 1.29 is 9.53 Å². The molecule has 1 N–H and O–H groups in total. The Balaban J connectivity index is 2.22. The van der Waals surface area contributed by atoms with Gasteiger partial charge in [-0.25, -0.2) is 0 Å². The van der Waals surface area contributed by atoms with Gasteiger partial charge in [-0.2, -0.15) is 0 Å². The molecule has 0 bridgehead atoms. The second kappa shape index (κ2) is 7.11. The highest BCUT2D eigenvalue weighted by Crippen LogP contribution is 2.22. The number of carbonyl (C=O) groups is 1. The summed E-state index contributed by atoms with van der Waals surface area (Å²) in [4.78, 5) is 12.6. The Morgan fingerprint density at radius 2 is 2.47 bits per heavy atom. The minimum absolute atomic E-state index is 0.203. The molecule has 0 aliphatic heterocycles. The molecule has 1 heterocycles. The van der Waals surface area contributed by atoms with Crippen molar-refractivity contribution in [1.29, 1.82) is 0 Å². The van der Waals surface area contributed by atoms with Gasteiger partial charge in [0.05, 0.1) is 13.2 Å². The van der Waals surface area contributed by atoms with Gasteiger partial charge in [0.2, 0.25) is 0 Å². The third-order valence-corrected chi connectivity index (χ3v) is 3.78. The molecule has 5 heteroatoms. The third-order valence-electron chi connectivity index (χ3n) is 1.85. The highest BCUT2D eigenvalue weighted by Gasteiger charge is 2.07. The van der Waals surface area contributed by atoms with Crippen molar-refractivity contribution in [2.75, 3.05) is 26.8 Å². The summed E-state index contributed by atoms with van der Waals surface area (Å²) in [6, 6.07) is 1.96. The largest absolute Gasteiger partial charge is 0.383 e. The first-order valence-electron chi connectivity index (χ1n) is 4.67. The van der Waals surface area contributed by atoms with E-state index >= 15 is 0 Å².